The molecule has 0 fully saturated rings. The number of methoxy groups -OCH3 is 1. The van der Waals surface area contributed by atoms with Gasteiger partial charge in [0.25, 0.3) is 0 Å². The molecule has 20 heavy (non-hydrogen) atoms. The normalized spacial score (nSPS) is 10.9. The summed E-state index contributed by atoms with van der Waals surface area (Å²) in [6.07, 6.45) is 0. The van der Waals surface area contributed by atoms with Crippen LogP contribution >= 0.6 is 0 Å². The molecule has 1 amide bonds. The fraction of sp³-hybridized carbons (Fsp3) is 0.533. The first-order chi connectivity index (χ1) is 9.42. The molecule has 0 radical (unpaired) electrons. The Bertz CT molecular complexity index is 449. The summed E-state index contributed by atoms with van der Waals surface area (Å²) >= 11 is 0. The number of carbonyl (C=O) groups excluding carboxylic acids is 1. The number of halogens is 1. The molecule has 112 valence electrons. The van der Waals surface area contributed by atoms with Crippen molar-refractivity contribution in [3.05, 3.63) is 29.6 Å². The second-order valence-electron chi connectivity index (χ2n) is 5.34. The van der Waals surface area contributed by atoms with Crippen LogP contribution in [-0.2, 0) is 11.3 Å². The van der Waals surface area contributed by atoms with Crippen LogP contribution in [0.5, 0.6) is 5.75 Å². The smallest absolute Gasteiger partial charge is 0.234 e. The molecule has 0 spiro atoms. The molecule has 0 aliphatic carbocycles. The number of likely N-dealkylation sites (N-methyl/N-ethyl adjacent to an activating group) is 1. The van der Waals surface area contributed by atoms with Crippen LogP contribution in [0, 0.1) is 11.7 Å². The number of nitrogens with one attached hydrogen (secondary N) is 1. The Balaban J connectivity index is 2.47. The monoisotopic (exact) mass is 282 g/mol. The predicted octanol–water partition coefficient (Wildman–Crippen LogP) is 2.04. The number of hydrogen-bond acceptors (Lipinski definition) is 3. The molecule has 1 rings (SSSR count). The number of amides is 1. The summed E-state index contributed by atoms with van der Waals surface area (Å²) in [6.45, 7) is 5.56. The lowest BCUT2D eigenvalue weighted by atomic mass is 10.2. The summed E-state index contributed by atoms with van der Waals surface area (Å²) in [5, 5.41) is 2.85. The Morgan fingerprint density at radius 2 is 2.15 bits per heavy atom. The lowest BCUT2D eigenvalue weighted by Crippen LogP contribution is -2.36. The number of carbonyl (C=O) groups is 1. The first kappa shape index (κ1) is 16.4. The molecule has 1 N–H and O–H groups in total. The van der Waals surface area contributed by atoms with Crippen LogP contribution in [0.1, 0.15) is 19.4 Å². The standard InChI is InChI=1S/C15H23FN2O2/c1-11(2)8-17-15(19)10-18(3)9-12-5-6-14(20-4)13(16)7-12/h5-7,11H,8-10H2,1-4H3,(H,17,19). The molecule has 0 saturated heterocycles. The van der Waals surface area contributed by atoms with Crippen molar-refractivity contribution in [2.24, 2.45) is 5.92 Å². The van der Waals surface area contributed by atoms with Crippen molar-refractivity contribution in [2.75, 3.05) is 27.2 Å². The number of hydrogen-bond donors (Lipinski definition) is 1. The first-order valence-corrected chi connectivity index (χ1v) is 6.70. The molecule has 0 bridgehead atoms. The van der Waals surface area contributed by atoms with Gasteiger partial charge in [-0.25, -0.2) is 4.39 Å². The topological polar surface area (TPSA) is 41.6 Å². The Hall–Kier alpha value is -1.62. The summed E-state index contributed by atoms with van der Waals surface area (Å²) < 4.78 is 18.4. The minimum Gasteiger partial charge on any atom is -0.494 e. The molecule has 4 nitrogen and oxygen atoms in total. The van der Waals surface area contributed by atoms with Gasteiger partial charge in [0.05, 0.1) is 13.7 Å². The molecular weight excluding hydrogens is 259 g/mol. The highest BCUT2D eigenvalue weighted by Gasteiger charge is 2.09. The molecular formula is C15H23FN2O2. The molecule has 0 aliphatic heterocycles. The zero-order valence-electron chi connectivity index (χ0n) is 12.6. The number of rotatable bonds is 7. The van der Waals surface area contributed by atoms with Gasteiger partial charge in [0.15, 0.2) is 11.6 Å². The maximum absolute atomic E-state index is 13.6. The Morgan fingerprint density at radius 3 is 2.70 bits per heavy atom. The maximum Gasteiger partial charge on any atom is 0.234 e. The van der Waals surface area contributed by atoms with E-state index in [9.17, 15) is 9.18 Å². The third-order valence-electron chi connectivity index (χ3n) is 2.79. The van der Waals surface area contributed by atoms with Crippen molar-refractivity contribution in [3.8, 4) is 5.75 Å². The predicted molar refractivity (Wildman–Crippen MR) is 77.1 cm³/mol. The van der Waals surface area contributed by atoms with E-state index in [4.69, 9.17) is 4.74 Å². The van der Waals surface area contributed by atoms with Gasteiger partial charge in [-0.2, -0.15) is 0 Å². The van der Waals surface area contributed by atoms with Crippen LogP contribution in [0.15, 0.2) is 18.2 Å². The first-order valence-electron chi connectivity index (χ1n) is 6.70. The fourth-order valence-corrected chi connectivity index (χ4v) is 1.79. The van der Waals surface area contributed by atoms with Gasteiger partial charge in [-0.15, -0.1) is 0 Å². The molecule has 0 aromatic heterocycles. The van der Waals surface area contributed by atoms with Gasteiger partial charge in [0, 0.05) is 13.1 Å². The average Bonchev–Trinajstić information content (AvgIpc) is 2.36. The summed E-state index contributed by atoms with van der Waals surface area (Å²) in [7, 11) is 3.26. The lowest BCUT2D eigenvalue weighted by Gasteiger charge is -2.17. The summed E-state index contributed by atoms with van der Waals surface area (Å²) in [4.78, 5) is 13.5. The zero-order chi connectivity index (χ0) is 15.1. The van der Waals surface area contributed by atoms with E-state index in [0.717, 1.165) is 5.56 Å². The van der Waals surface area contributed by atoms with Crippen LogP contribution in [0.3, 0.4) is 0 Å². The van der Waals surface area contributed by atoms with Crippen LogP contribution in [-0.4, -0.2) is 38.1 Å². The van der Waals surface area contributed by atoms with Gasteiger partial charge in [-0.1, -0.05) is 19.9 Å². The average molecular weight is 282 g/mol. The highest BCUT2D eigenvalue weighted by Crippen LogP contribution is 2.18. The lowest BCUT2D eigenvalue weighted by molar-refractivity contribution is -0.122. The van der Waals surface area contributed by atoms with Gasteiger partial charge in [-0.3, -0.25) is 9.69 Å². The van der Waals surface area contributed by atoms with E-state index in [1.54, 1.807) is 12.1 Å². The highest BCUT2D eigenvalue weighted by atomic mass is 19.1. The Kier molecular flexibility index (Phi) is 6.45. The van der Waals surface area contributed by atoms with E-state index in [1.165, 1.54) is 13.2 Å². The molecule has 0 saturated carbocycles. The van der Waals surface area contributed by atoms with Crippen LogP contribution in [0.25, 0.3) is 0 Å². The fourth-order valence-electron chi connectivity index (χ4n) is 1.79. The van der Waals surface area contributed by atoms with Crippen LogP contribution in [0.4, 0.5) is 4.39 Å². The second kappa shape index (κ2) is 7.85. The van der Waals surface area contributed by atoms with Crippen molar-refractivity contribution in [1.29, 1.82) is 0 Å². The van der Waals surface area contributed by atoms with Crippen molar-refractivity contribution < 1.29 is 13.9 Å². The molecule has 0 aliphatic rings. The molecule has 1 aromatic rings. The van der Waals surface area contributed by atoms with Crippen molar-refractivity contribution >= 4 is 5.91 Å². The summed E-state index contributed by atoms with van der Waals surface area (Å²) in [6, 6.07) is 4.82. The van der Waals surface area contributed by atoms with Gasteiger partial charge in [0.1, 0.15) is 0 Å². The van der Waals surface area contributed by atoms with Crippen molar-refractivity contribution in [1.82, 2.24) is 10.2 Å². The van der Waals surface area contributed by atoms with Crippen LogP contribution < -0.4 is 10.1 Å². The second-order valence-corrected chi connectivity index (χ2v) is 5.34. The van der Waals surface area contributed by atoms with E-state index in [-0.39, 0.29) is 17.5 Å². The largest absolute Gasteiger partial charge is 0.494 e. The zero-order valence-corrected chi connectivity index (χ0v) is 12.6. The van der Waals surface area contributed by atoms with Crippen molar-refractivity contribution in [3.63, 3.8) is 0 Å². The molecule has 0 heterocycles. The molecule has 0 unspecified atom stereocenters. The van der Waals surface area contributed by atoms with Gasteiger partial charge in [0.2, 0.25) is 5.91 Å². The third-order valence-corrected chi connectivity index (χ3v) is 2.79. The summed E-state index contributed by atoms with van der Waals surface area (Å²) in [5.74, 6) is 0.254. The van der Waals surface area contributed by atoms with Crippen molar-refractivity contribution in [2.45, 2.75) is 20.4 Å². The third kappa shape index (κ3) is 5.57. The molecule has 5 heteroatoms. The summed E-state index contributed by atoms with van der Waals surface area (Å²) in [5.41, 5.74) is 0.808. The van der Waals surface area contributed by atoms with Gasteiger partial charge in [-0.05, 0) is 30.7 Å². The quantitative estimate of drug-likeness (QED) is 0.832. The number of ether oxygens (including phenoxy) is 1. The molecule has 1 aromatic carbocycles. The van der Waals surface area contributed by atoms with Gasteiger partial charge < -0.3 is 10.1 Å². The maximum atomic E-state index is 13.6. The Morgan fingerprint density at radius 1 is 1.45 bits per heavy atom. The van der Waals surface area contributed by atoms with E-state index in [1.807, 2.05) is 25.8 Å². The SMILES string of the molecule is COc1ccc(CN(C)CC(=O)NCC(C)C)cc1F. The van der Waals surface area contributed by atoms with E-state index < -0.39 is 0 Å². The minimum atomic E-state index is -0.386. The van der Waals surface area contributed by atoms with E-state index >= 15 is 0 Å². The van der Waals surface area contributed by atoms with Crippen LogP contribution in [0.2, 0.25) is 0 Å². The minimum absolute atomic E-state index is 0.0183. The number of nitrogens with zero attached hydrogens (tertiary/aromatic N) is 1. The highest BCUT2D eigenvalue weighted by molar-refractivity contribution is 5.77. The van der Waals surface area contributed by atoms with E-state index in [2.05, 4.69) is 5.32 Å². The number of benzene rings is 1. The Labute approximate surface area is 119 Å². The van der Waals surface area contributed by atoms with E-state index in [0.29, 0.717) is 25.6 Å². The van der Waals surface area contributed by atoms with Gasteiger partial charge >= 0.3 is 0 Å². The molecule has 0 atom stereocenters.